The maximum atomic E-state index is 9.32. The van der Waals surface area contributed by atoms with Gasteiger partial charge < -0.3 is 0 Å². The summed E-state index contributed by atoms with van der Waals surface area (Å²) in [6.45, 7) is 6.41. The molecular weight excluding hydrogens is 276 g/mol. The average Bonchev–Trinajstić information content (AvgIpc) is 2.48. The molecule has 0 aliphatic rings. The quantitative estimate of drug-likeness (QED) is 0.798. The van der Waals surface area contributed by atoms with Crippen molar-refractivity contribution >= 4 is 11.8 Å². The predicted octanol–water partition coefficient (Wildman–Crippen LogP) is 5.01. The summed E-state index contributed by atoms with van der Waals surface area (Å²) >= 11 is 1.56. The Bertz CT molecular complexity index is 749. The van der Waals surface area contributed by atoms with Gasteiger partial charge in [-0.1, -0.05) is 49.4 Å². The molecular formula is C18H16N2S. The van der Waals surface area contributed by atoms with Gasteiger partial charge in [0, 0.05) is 9.79 Å². The molecule has 0 saturated carbocycles. The lowest BCUT2D eigenvalue weighted by molar-refractivity contribution is 0.840. The Morgan fingerprint density at radius 3 is 2.38 bits per heavy atom. The Labute approximate surface area is 130 Å². The molecule has 2 aromatic rings. The molecule has 0 aromatic heterocycles. The standard InChI is InChI=1S/C18H16N2S/c1-12(2)15-9-13(3)7-8-18(15)21-17-6-4-5-14(10-19)16(17)11-20/h4-9,12H,1-3H3. The van der Waals surface area contributed by atoms with Crippen molar-refractivity contribution in [2.45, 2.75) is 36.5 Å². The van der Waals surface area contributed by atoms with E-state index in [9.17, 15) is 5.26 Å². The zero-order valence-corrected chi connectivity index (χ0v) is 13.2. The first kappa shape index (κ1) is 15.2. The first-order valence-corrected chi connectivity index (χ1v) is 7.60. The molecule has 0 radical (unpaired) electrons. The highest BCUT2D eigenvalue weighted by Gasteiger charge is 2.13. The molecule has 0 bridgehead atoms. The second-order valence-corrected chi connectivity index (χ2v) is 6.28. The lowest BCUT2D eigenvalue weighted by Gasteiger charge is -2.14. The van der Waals surface area contributed by atoms with Crippen LogP contribution in [0.25, 0.3) is 0 Å². The van der Waals surface area contributed by atoms with Crippen molar-refractivity contribution < 1.29 is 0 Å². The van der Waals surface area contributed by atoms with Crippen molar-refractivity contribution in [2.24, 2.45) is 0 Å². The lowest BCUT2D eigenvalue weighted by Crippen LogP contribution is -1.93. The molecule has 2 rings (SSSR count). The largest absolute Gasteiger partial charge is 0.192 e. The Balaban J connectivity index is 2.50. The summed E-state index contributed by atoms with van der Waals surface area (Å²) in [5, 5.41) is 18.4. The van der Waals surface area contributed by atoms with E-state index < -0.39 is 0 Å². The van der Waals surface area contributed by atoms with Gasteiger partial charge in [0.15, 0.2) is 0 Å². The Morgan fingerprint density at radius 1 is 1.00 bits per heavy atom. The van der Waals surface area contributed by atoms with E-state index in [1.54, 1.807) is 17.8 Å². The molecule has 0 N–H and O–H groups in total. The van der Waals surface area contributed by atoms with Crippen LogP contribution in [-0.2, 0) is 0 Å². The number of hydrogen-bond acceptors (Lipinski definition) is 3. The normalized spacial score (nSPS) is 10.2. The van der Waals surface area contributed by atoms with E-state index in [4.69, 9.17) is 5.26 Å². The zero-order chi connectivity index (χ0) is 15.4. The summed E-state index contributed by atoms with van der Waals surface area (Å²) in [6.07, 6.45) is 0. The molecule has 104 valence electrons. The van der Waals surface area contributed by atoms with E-state index in [1.165, 1.54) is 11.1 Å². The van der Waals surface area contributed by atoms with Crippen LogP contribution >= 0.6 is 11.8 Å². The van der Waals surface area contributed by atoms with E-state index >= 15 is 0 Å². The SMILES string of the molecule is Cc1ccc(Sc2cccc(C#N)c2C#N)c(C(C)C)c1. The fourth-order valence-corrected chi connectivity index (χ4v) is 3.34. The molecule has 0 fully saturated rings. The van der Waals surface area contributed by atoms with Crippen LogP contribution in [0.5, 0.6) is 0 Å². The maximum absolute atomic E-state index is 9.32. The van der Waals surface area contributed by atoms with Crippen molar-refractivity contribution in [2.75, 3.05) is 0 Å². The third-order valence-corrected chi connectivity index (χ3v) is 4.42. The van der Waals surface area contributed by atoms with Crippen molar-refractivity contribution in [3.05, 3.63) is 58.7 Å². The van der Waals surface area contributed by atoms with Crippen LogP contribution in [0, 0.1) is 29.6 Å². The van der Waals surface area contributed by atoms with Gasteiger partial charge in [0.05, 0.1) is 11.1 Å². The summed E-state index contributed by atoms with van der Waals surface area (Å²) in [5.41, 5.74) is 3.39. The van der Waals surface area contributed by atoms with Crippen molar-refractivity contribution in [3.8, 4) is 12.1 Å². The van der Waals surface area contributed by atoms with Crippen LogP contribution < -0.4 is 0 Å². The number of rotatable bonds is 3. The van der Waals surface area contributed by atoms with Crippen molar-refractivity contribution in [3.63, 3.8) is 0 Å². The molecule has 0 spiro atoms. The van der Waals surface area contributed by atoms with Crippen LogP contribution in [-0.4, -0.2) is 0 Å². The van der Waals surface area contributed by atoms with E-state index in [1.807, 2.05) is 12.1 Å². The first-order valence-electron chi connectivity index (χ1n) is 6.78. The molecule has 0 heterocycles. The average molecular weight is 292 g/mol. The third kappa shape index (κ3) is 3.27. The number of nitrogens with zero attached hydrogens (tertiary/aromatic N) is 2. The van der Waals surface area contributed by atoms with Gasteiger partial charge in [-0.3, -0.25) is 0 Å². The van der Waals surface area contributed by atoms with Crippen molar-refractivity contribution in [1.82, 2.24) is 0 Å². The summed E-state index contributed by atoms with van der Waals surface area (Å²) in [4.78, 5) is 1.98. The summed E-state index contributed by atoms with van der Waals surface area (Å²) in [7, 11) is 0. The molecule has 0 aliphatic heterocycles. The summed E-state index contributed by atoms with van der Waals surface area (Å²) in [5.74, 6) is 0.414. The monoisotopic (exact) mass is 292 g/mol. The van der Waals surface area contributed by atoms with Gasteiger partial charge in [-0.15, -0.1) is 0 Å². The van der Waals surface area contributed by atoms with Crippen LogP contribution in [0.1, 0.15) is 42.0 Å². The molecule has 0 aliphatic carbocycles. The van der Waals surface area contributed by atoms with Gasteiger partial charge in [0.2, 0.25) is 0 Å². The third-order valence-electron chi connectivity index (χ3n) is 3.27. The Kier molecular flexibility index (Phi) is 4.68. The van der Waals surface area contributed by atoms with Gasteiger partial charge in [-0.25, -0.2) is 0 Å². The number of nitriles is 2. The molecule has 2 aromatic carbocycles. The molecule has 0 unspecified atom stereocenters. The van der Waals surface area contributed by atoms with Crippen LogP contribution in [0.15, 0.2) is 46.2 Å². The predicted molar refractivity (Wildman–Crippen MR) is 85.3 cm³/mol. The lowest BCUT2D eigenvalue weighted by atomic mass is 10.0. The fourth-order valence-electron chi connectivity index (χ4n) is 2.16. The Hall–Kier alpha value is -2.23. The minimum absolute atomic E-state index is 0.414. The summed E-state index contributed by atoms with van der Waals surface area (Å²) < 4.78 is 0. The minimum Gasteiger partial charge on any atom is -0.192 e. The van der Waals surface area contributed by atoms with Gasteiger partial charge in [0.25, 0.3) is 0 Å². The van der Waals surface area contributed by atoms with Crippen molar-refractivity contribution in [1.29, 1.82) is 10.5 Å². The van der Waals surface area contributed by atoms with Gasteiger partial charge in [-0.05, 0) is 36.6 Å². The van der Waals surface area contributed by atoms with Crippen LogP contribution in [0.3, 0.4) is 0 Å². The van der Waals surface area contributed by atoms with Crippen LogP contribution in [0.2, 0.25) is 0 Å². The molecule has 3 heteroatoms. The second kappa shape index (κ2) is 6.48. The van der Waals surface area contributed by atoms with E-state index in [-0.39, 0.29) is 0 Å². The number of aryl methyl sites for hydroxylation is 1. The van der Waals surface area contributed by atoms with Gasteiger partial charge in [0.1, 0.15) is 12.1 Å². The summed E-state index contributed by atoms with van der Waals surface area (Å²) in [6, 6.07) is 16.0. The number of benzene rings is 2. The topological polar surface area (TPSA) is 47.6 Å². The van der Waals surface area contributed by atoms with E-state index in [2.05, 4.69) is 51.1 Å². The molecule has 21 heavy (non-hydrogen) atoms. The molecule has 0 amide bonds. The van der Waals surface area contributed by atoms with E-state index in [0.717, 1.165) is 9.79 Å². The second-order valence-electron chi connectivity index (χ2n) is 5.20. The van der Waals surface area contributed by atoms with Gasteiger partial charge >= 0.3 is 0 Å². The van der Waals surface area contributed by atoms with E-state index in [0.29, 0.717) is 17.0 Å². The first-order chi connectivity index (χ1) is 10.1. The fraction of sp³-hybridized carbons (Fsp3) is 0.222. The maximum Gasteiger partial charge on any atom is 0.102 e. The highest BCUT2D eigenvalue weighted by atomic mass is 32.2. The van der Waals surface area contributed by atoms with Gasteiger partial charge in [-0.2, -0.15) is 10.5 Å². The molecule has 0 saturated heterocycles. The molecule has 2 nitrogen and oxygen atoms in total. The highest BCUT2D eigenvalue weighted by molar-refractivity contribution is 7.99. The molecule has 0 atom stereocenters. The number of hydrogen-bond donors (Lipinski definition) is 0. The Morgan fingerprint density at radius 2 is 1.76 bits per heavy atom. The van der Waals surface area contributed by atoms with Crippen LogP contribution in [0.4, 0.5) is 0 Å². The zero-order valence-electron chi connectivity index (χ0n) is 12.3. The highest BCUT2D eigenvalue weighted by Crippen LogP contribution is 2.36. The smallest absolute Gasteiger partial charge is 0.102 e. The minimum atomic E-state index is 0.414.